The maximum atomic E-state index is 6.20. The first-order valence-electron chi connectivity index (χ1n) is 7.85. The number of aromatic nitrogens is 2. The second kappa shape index (κ2) is 5.80. The fraction of sp³-hybridized carbons (Fsp3) is 0.471. The SMILES string of the molecule is CCCn1nc(C)c(N)c1NC1CCc2ccccc2C1. The summed E-state index contributed by atoms with van der Waals surface area (Å²) in [5.74, 6) is 0.999. The molecule has 0 radical (unpaired) electrons. The van der Waals surface area contributed by atoms with Crippen molar-refractivity contribution in [3.05, 3.63) is 41.1 Å². The van der Waals surface area contributed by atoms with Gasteiger partial charge in [-0.15, -0.1) is 0 Å². The lowest BCUT2D eigenvalue weighted by molar-refractivity contribution is 0.573. The van der Waals surface area contributed by atoms with Crippen LogP contribution in [0.3, 0.4) is 0 Å². The fourth-order valence-electron chi connectivity index (χ4n) is 3.14. The van der Waals surface area contributed by atoms with Gasteiger partial charge in [-0.1, -0.05) is 31.2 Å². The van der Waals surface area contributed by atoms with Crippen molar-refractivity contribution in [1.29, 1.82) is 0 Å². The number of nitrogen functional groups attached to an aromatic ring is 1. The van der Waals surface area contributed by atoms with Crippen molar-refractivity contribution in [2.24, 2.45) is 0 Å². The van der Waals surface area contributed by atoms with Crippen LogP contribution in [0.5, 0.6) is 0 Å². The van der Waals surface area contributed by atoms with Crippen molar-refractivity contribution in [2.45, 2.75) is 52.1 Å². The predicted molar refractivity (Wildman–Crippen MR) is 87.5 cm³/mol. The fourth-order valence-corrected chi connectivity index (χ4v) is 3.14. The van der Waals surface area contributed by atoms with E-state index in [4.69, 9.17) is 5.73 Å². The zero-order valence-electron chi connectivity index (χ0n) is 12.9. The quantitative estimate of drug-likeness (QED) is 0.906. The smallest absolute Gasteiger partial charge is 0.148 e. The summed E-state index contributed by atoms with van der Waals surface area (Å²) in [6.45, 7) is 5.04. The van der Waals surface area contributed by atoms with Crippen LogP contribution in [-0.2, 0) is 19.4 Å². The maximum Gasteiger partial charge on any atom is 0.148 e. The van der Waals surface area contributed by atoms with Gasteiger partial charge in [0.05, 0.1) is 11.4 Å². The molecule has 1 aromatic carbocycles. The summed E-state index contributed by atoms with van der Waals surface area (Å²) in [6, 6.07) is 9.17. The zero-order valence-corrected chi connectivity index (χ0v) is 12.9. The number of nitrogens with two attached hydrogens (primary N) is 1. The first kappa shape index (κ1) is 14.0. The number of rotatable bonds is 4. The first-order chi connectivity index (χ1) is 10.2. The van der Waals surface area contributed by atoms with E-state index < -0.39 is 0 Å². The lowest BCUT2D eigenvalue weighted by Gasteiger charge is -2.26. The average molecular weight is 284 g/mol. The van der Waals surface area contributed by atoms with Gasteiger partial charge in [0, 0.05) is 12.6 Å². The molecule has 0 saturated heterocycles. The Labute approximate surface area is 126 Å². The minimum atomic E-state index is 0.439. The van der Waals surface area contributed by atoms with Crippen molar-refractivity contribution < 1.29 is 0 Å². The van der Waals surface area contributed by atoms with Crippen molar-refractivity contribution in [3.63, 3.8) is 0 Å². The van der Waals surface area contributed by atoms with Gasteiger partial charge in [-0.05, 0) is 43.7 Å². The Balaban J connectivity index is 1.79. The molecule has 1 aromatic heterocycles. The highest BCUT2D eigenvalue weighted by Gasteiger charge is 2.21. The van der Waals surface area contributed by atoms with E-state index in [1.807, 2.05) is 11.6 Å². The molecule has 0 aliphatic heterocycles. The Morgan fingerprint density at radius 1 is 1.33 bits per heavy atom. The number of aryl methyl sites for hydroxylation is 3. The van der Waals surface area contributed by atoms with Gasteiger partial charge in [0.15, 0.2) is 0 Å². The number of nitrogens with zero attached hydrogens (tertiary/aromatic N) is 2. The van der Waals surface area contributed by atoms with Crippen molar-refractivity contribution >= 4 is 11.5 Å². The summed E-state index contributed by atoms with van der Waals surface area (Å²) in [4.78, 5) is 0. The third kappa shape index (κ3) is 2.75. The first-order valence-corrected chi connectivity index (χ1v) is 7.85. The molecule has 0 saturated carbocycles. The van der Waals surface area contributed by atoms with Crippen LogP contribution in [0.25, 0.3) is 0 Å². The van der Waals surface area contributed by atoms with Crippen molar-refractivity contribution in [1.82, 2.24) is 9.78 Å². The standard InChI is InChI=1S/C17H24N4/c1-3-10-21-17(16(18)12(2)20-21)19-15-9-8-13-6-4-5-7-14(13)11-15/h4-7,15,19H,3,8-11,18H2,1-2H3. The number of nitrogens with one attached hydrogen (secondary N) is 1. The summed E-state index contributed by atoms with van der Waals surface area (Å²) in [7, 11) is 0. The highest BCUT2D eigenvalue weighted by atomic mass is 15.3. The Morgan fingerprint density at radius 2 is 2.10 bits per heavy atom. The molecule has 21 heavy (non-hydrogen) atoms. The van der Waals surface area contributed by atoms with E-state index in [1.54, 1.807) is 0 Å². The molecule has 1 atom stereocenters. The number of anilines is 2. The molecule has 0 spiro atoms. The van der Waals surface area contributed by atoms with E-state index in [2.05, 4.69) is 41.6 Å². The van der Waals surface area contributed by atoms with Crippen LogP contribution >= 0.6 is 0 Å². The Morgan fingerprint density at radius 3 is 2.86 bits per heavy atom. The molecule has 1 unspecified atom stereocenters. The van der Waals surface area contributed by atoms with E-state index in [-0.39, 0.29) is 0 Å². The third-order valence-corrected chi connectivity index (χ3v) is 4.30. The van der Waals surface area contributed by atoms with E-state index in [9.17, 15) is 0 Å². The maximum absolute atomic E-state index is 6.20. The topological polar surface area (TPSA) is 55.9 Å². The van der Waals surface area contributed by atoms with E-state index in [0.29, 0.717) is 6.04 Å². The summed E-state index contributed by atoms with van der Waals surface area (Å²) < 4.78 is 2.02. The second-order valence-electron chi connectivity index (χ2n) is 5.92. The molecule has 4 nitrogen and oxygen atoms in total. The Hall–Kier alpha value is -1.97. The Bertz CT molecular complexity index is 630. The molecule has 3 rings (SSSR count). The van der Waals surface area contributed by atoms with E-state index in [0.717, 1.165) is 49.4 Å². The van der Waals surface area contributed by atoms with E-state index >= 15 is 0 Å². The minimum Gasteiger partial charge on any atom is -0.394 e. The summed E-state index contributed by atoms with van der Waals surface area (Å²) >= 11 is 0. The molecule has 3 N–H and O–H groups in total. The summed E-state index contributed by atoms with van der Waals surface area (Å²) in [5, 5.41) is 8.18. The monoisotopic (exact) mass is 284 g/mol. The predicted octanol–water partition coefficient (Wildman–Crippen LogP) is 3.15. The normalized spacial score (nSPS) is 17.5. The van der Waals surface area contributed by atoms with Gasteiger partial charge in [-0.3, -0.25) is 0 Å². The van der Waals surface area contributed by atoms with Crippen LogP contribution in [-0.4, -0.2) is 15.8 Å². The molecular weight excluding hydrogens is 260 g/mol. The second-order valence-corrected chi connectivity index (χ2v) is 5.92. The van der Waals surface area contributed by atoms with Gasteiger partial charge >= 0.3 is 0 Å². The van der Waals surface area contributed by atoms with Crippen LogP contribution in [0.1, 0.15) is 36.6 Å². The van der Waals surface area contributed by atoms with Crippen LogP contribution in [0.15, 0.2) is 24.3 Å². The van der Waals surface area contributed by atoms with Crippen molar-refractivity contribution in [3.8, 4) is 0 Å². The van der Waals surface area contributed by atoms with Gasteiger partial charge in [-0.25, -0.2) is 4.68 Å². The molecule has 0 amide bonds. The van der Waals surface area contributed by atoms with Gasteiger partial charge in [-0.2, -0.15) is 5.10 Å². The highest BCUT2D eigenvalue weighted by molar-refractivity contribution is 5.65. The third-order valence-electron chi connectivity index (χ3n) is 4.30. The Kier molecular flexibility index (Phi) is 3.86. The number of hydrogen-bond acceptors (Lipinski definition) is 3. The molecule has 0 bridgehead atoms. The number of hydrogen-bond donors (Lipinski definition) is 2. The molecule has 112 valence electrons. The molecule has 1 aliphatic carbocycles. The minimum absolute atomic E-state index is 0.439. The van der Waals surface area contributed by atoms with Crippen LogP contribution in [0, 0.1) is 6.92 Å². The highest BCUT2D eigenvalue weighted by Crippen LogP contribution is 2.28. The van der Waals surface area contributed by atoms with E-state index in [1.165, 1.54) is 11.1 Å². The van der Waals surface area contributed by atoms with Crippen molar-refractivity contribution in [2.75, 3.05) is 11.1 Å². The largest absolute Gasteiger partial charge is 0.394 e. The van der Waals surface area contributed by atoms with Crippen LogP contribution < -0.4 is 11.1 Å². The summed E-state index contributed by atoms with van der Waals surface area (Å²) in [6.07, 6.45) is 4.40. The number of benzene rings is 1. The molecule has 4 heteroatoms. The van der Waals surface area contributed by atoms with Gasteiger partial charge < -0.3 is 11.1 Å². The summed E-state index contributed by atoms with van der Waals surface area (Å²) in [5.41, 5.74) is 10.9. The molecule has 0 fully saturated rings. The molecule has 1 heterocycles. The number of fused-ring (bicyclic) bond motifs is 1. The lowest BCUT2D eigenvalue weighted by atomic mass is 9.88. The van der Waals surface area contributed by atoms with Gasteiger partial charge in [0.1, 0.15) is 5.82 Å². The van der Waals surface area contributed by atoms with Crippen LogP contribution in [0.4, 0.5) is 11.5 Å². The average Bonchev–Trinajstić information content (AvgIpc) is 2.75. The molecular formula is C17H24N4. The zero-order chi connectivity index (χ0) is 14.8. The van der Waals surface area contributed by atoms with Gasteiger partial charge in [0.25, 0.3) is 0 Å². The van der Waals surface area contributed by atoms with Crippen LogP contribution in [0.2, 0.25) is 0 Å². The molecule has 2 aromatic rings. The lowest BCUT2D eigenvalue weighted by Crippen LogP contribution is -2.29. The van der Waals surface area contributed by atoms with Gasteiger partial charge in [0.2, 0.25) is 0 Å². The molecule has 1 aliphatic rings.